The average Bonchev–Trinajstić information content (AvgIpc) is 3.39. The molecule has 2 saturated heterocycles. The predicted molar refractivity (Wildman–Crippen MR) is 172 cm³/mol. The topological polar surface area (TPSA) is 98.8 Å². The van der Waals surface area contributed by atoms with E-state index in [1.807, 2.05) is 66.7 Å². The third kappa shape index (κ3) is 8.83. The maximum Gasteiger partial charge on any atom is 0.266 e. The summed E-state index contributed by atoms with van der Waals surface area (Å²) in [5.41, 5.74) is 6.64. The summed E-state index contributed by atoms with van der Waals surface area (Å²) in [6.45, 7) is 0.614. The van der Waals surface area contributed by atoms with Crippen molar-refractivity contribution in [3.63, 3.8) is 0 Å². The van der Waals surface area contributed by atoms with E-state index in [1.54, 1.807) is 11.0 Å². The van der Waals surface area contributed by atoms with Crippen molar-refractivity contribution in [3.05, 3.63) is 81.6 Å². The third-order valence-corrected chi connectivity index (χ3v) is 8.89. The van der Waals surface area contributed by atoms with Crippen LogP contribution >= 0.6 is 48.0 Å². The monoisotopic (exact) mass is 624 g/mol. The van der Waals surface area contributed by atoms with Crippen molar-refractivity contribution in [3.8, 4) is 0 Å². The number of rotatable bonds is 11. The highest BCUT2D eigenvalue weighted by Crippen LogP contribution is 2.33. The first kappa shape index (κ1) is 30.6. The Morgan fingerprint density at radius 1 is 0.659 bits per heavy atom. The second kappa shape index (κ2) is 15.1. The summed E-state index contributed by atoms with van der Waals surface area (Å²) in [7, 11) is 0. The summed E-state index contributed by atoms with van der Waals surface area (Å²) in [5.74, 6) is -1.06. The number of hydrazine groups is 1. The second-order valence-electron chi connectivity index (χ2n) is 9.15. The van der Waals surface area contributed by atoms with E-state index in [0.29, 0.717) is 37.8 Å². The van der Waals surface area contributed by atoms with Crippen LogP contribution in [0.2, 0.25) is 0 Å². The smallest absolute Gasteiger partial charge is 0.266 e. The van der Waals surface area contributed by atoms with Gasteiger partial charge in [-0.2, -0.15) is 0 Å². The van der Waals surface area contributed by atoms with E-state index in [9.17, 15) is 19.2 Å². The molecule has 8 nitrogen and oxygen atoms in total. The number of amides is 4. The summed E-state index contributed by atoms with van der Waals surface area (Å²) in [6, 6.07) is 19.1. The summed E-state index contributed by atoms with van der Waals surface area (Å²) >= 11 is 13.2. The van der Waals surface area contributed by atoms with Crippen LogP contribution in [0.1, 0.15) is 43.2 Å². The summed E-state index contributed by atoms with van der Waals surface area (Å²) < 4.78 is 0.934. The second-order valence-corrected chi connectivity index (χ2v) is 12.5. The van der Waals surface area contributed by atoms with Gasteiger partial charge in [0, 0.05) is 25.9 Å². The van der Waals surface area contributed by atoms with Gasteiger partial charge < -0.3 is 0 Å². The number of unbranched alkanes of at least 4 members (excludes halogenated alkanes) is 2. The van der Waals surface area contributed by atoms with Crippen LogP contribution in [0.3, 0.4) is 0 Å². The van der Waals surface area contributed by atoms with E-state index < -0.39 is 5.91 Å². The molecule has 0 spiro atoms. The number of benzene rings is 2. The molecule has 2 heterocycles. The average molecular weight is 625 g/mol. The molecule has 2 aliphatic heterocycles. The molecule has 0 radical (unpaired) electrons. The van der Waals surface area contributed by atoms with Gasteiger partial charge in [-0.1, -0.05) is 115 Å². The number of nitrogens with zero attached hydrogens (tertiary/aromatic N) is 2. The number of hydrogen-bond acceptors (Lipinski definition) is 8. The molecular weight excluding hydrogens is 597 g/mol. The fourth-order valence-corrected chi connectivity index (χ4v) is 6.61. The lowest BCUT2D eigenvalue weighted by molar-refractivity contribution is -0.129. The highest BCUT2D eigenvalue weighted by atomic mass is 32.2. The zero-order valence-electron chi connectivity index (χ0n) is 22.0. The summed E-state index contributed by atoms with van der Waals surface area (Å²) in [5, 5.41) is 0. The number of thiocarbonyl (C=S) groups is 2. The summed E-state index contributed by atoms with van der Waals surface area (Å²) in [4.78, 5) is 53.9. The van der Waals surface area contributed by atoms with Crippen LogP contribution in [0.4, 0.5) is 0 Å². The molecule has 0 bridgehead atoms. The molecule has 2 fully saturated rings. The largest absolute Gasteiger partial charge is 0.293 e. The lowest BCUT2D eigenvalue weighted by Gasteiger charge is -2.15. The number of thioether (sulfide) groups is 2. The molecule has 0 atom stereocenters. The SMILES string of the molecule is O=C(CCCCCN1C(=O)/C(=C/c2ccccc2)SC1=S)NNC(=O)CCN1C(=O)/C(=C\c2ccccc2)SC1=S. The minimum Gasteiger partial charge on any atom is -0.293 e. The number of carbonyl (C=O) groups is 4. The van der Waals surface area contributed by atoms with Crippen molar-refractivity contribution < 1.29 is 19.2 Å². The molecule has 4 amide bonds. The molecule has 4 rings (SSSR count). The maximum atomic E-state index is 12.7. The molecule has 0 unspecified atom stereocenters. The van der Waals surface area contributed by atoms with Gasteiger partial charge in [0.1, 0.15) is 8.64 Å². The van der Waals surface area contributed by atoms with Gasteiger partial charge in [-0.3, -0.25) is 39.8 Å². The van der Waals surface area contributed by atoms with Gasteiger partial charge in [-0.05, 0) is 36.1 Å². The molecule has 0 saturated carbocycles. The Hall–Kier alpha value is -3.32. The highest BCUT2D eigenvalue weighted by molar-refractivity contribution is 8.27. The van der Waals surface area contributed by atoms with Crippen molar-refractivity contribution in [2.45, 2.75) is 32.1 Å². The van der Waals surface area contributed by atoms with E-state index in [1.165, 1.54) is 28.4 Å². The first-order chi connectivity index (χ1) is 19.8. The molecule has 0 aliphatic carbocycles. The maximum absolute atomic E-state index is 12.7. The fraction of sp³-hybridized carbons (Fsp3) is 0.241. The fourth-order valence-electron chi connectivity index (χ4n) is 4.00. The van der Waals surface area contributed by atoms with Crippen LogP contribution in [-0.2, 0) is 19.2 Å². The zero-order valence-corrected chi connectivity index (χ0v) is 25.3. The molecule has 41 heavy (non-hydrogen) atoms. The van der Waals surface area contributed by atoms with Crippen LogP contribution in [0, 0.1) is 0 Å². The molecular formula is C29H28N4O4S4. The van der Waals surface area contributed by atoms with Gasteiger partial charge >= 0.3 is 0 Å². The minimum absolute atomic E-state index is 0.00612. The lowest BCUT2D eigenvalue weighted by atomic mass is 10.2. The minimum atomic E-state index is -0.419. The Morgan fingerprint density at radius 2 is 1.12 bits per heavy atom. The Balaban J connectivity index is 1.10. The Morgan fingerprint density at radius 3 is 1.63 bits per heavy atom. The summed E-state index contributed by atoms with van der Waals surface area (Å²) in [6.07, 6.45) is 5.86. The van der Waals surface area contributed by atoms with Crippen molar-refractivity contribution in [1.29, 1.82) is 0 Å². The number of nitrogens with one attached hydrogen (secondary N) is 2. The van der Waals surface area contributed by atoms with Crippen LogP contribution in [0.15, 0.2) is 70.5 Å². The van der Waals surface area contributed by atoms with Crippen LogP contribution in [0.5, 0.6) is 0 Å². The van der Waals surface area contributed by atoms with E-state index in [0.717, 1.165) is 17.5 Å². The Kier molecular flexibility index (Phi) is 11.3. The van der Waals surface area contributed by atoms with Crippen molar-refractivity contribution >= 4 is 92.4 Å². The van der Waals surface area contributed by atoms with Crippen LogP contribution in [0.25, 0.3) is 12.2 Å². The van der Waals surface area contributed by atoms with Gasteiger partial charge in [-0.25, -0.2) is 0 Å². The first-order valence-corrected chi connectivity index (χ1v) is 15.5. The molecule has 2 N–H and O–H groups in total. The Labute approximate surface area is 258 Å². The Bertz CT molecular complexity index is 1400. The lowest BCUT2D eigenvalue weighted by Crippen LogP contribution is -2.43. The van der Waals surface area contributed by atoms with Crippen molar-refractivity contribution in [2.24, 2.45) is 0 Å². The zero-order chi connectivity index (χ0) is 29.2. The van der Waals surface area contributed by atoms with Gasteiger partial charge in [0.05, 0.1) is 9.81 Å². The van der Waals surface area contributed by atoms with Gasteiger partial charge in [0.25, 0.3) is 11.8 Å². The van der Waals surface area contributed by atoms with Crippen molar-refractivity contribution in [1.82, 2.24) is 20.7 Å². The van der Waals surface area contributed by atoms with E-state index in [-0.39, 0.29) is 37.1 Å². The standard InChI is InChI=1S/C29H28N4O4S4/c34-24(14-8-3-9-16-32-26(36)22(40-28(32)38)18-20-10-4-1-5-11-20)30-31-25(35)15-17-33-27(37)23(41-29(33)39)19-21-12-6-2-7-13-21/h1-2,4-7,10-13,18-19H,3,8-9,14-17H2,(H,30,34)(H,31,35)/b22-18-,23-19+. The molecule has 2 aliphatic rings. The number of hydrogen-bond donors (Lipinski definition) is 2. The highest BCUT2D eigenvalue weighted by Gasteiger charge is 2.32. The van der Waals surface area contributed by atoms with Gasteiger partial charge in [0.2, 0.25) is 11.8 Å². The van der Waals surface area contributed by atoms with E-state index >= 15 is 0 Å². The van der Waals surface area contributed by atoms with E-state index in [2.05, 4.69) is 10.9 Å². The van der Waals surface area contributed by atoms with Crippen LogP contribution in [-0.4, -0.2) is 55.2 Å². The van der Waals surface area contributed by atoms with Gasteiger partial charge in [-0.15, -0.1) is 0 Å². The normalized spacial score (nSPS) is 17.2. The molecule has 12 heteroatoms. The molecule has 2 aromatic rings. The predicted octanol–water partition coefficient (Wildman–Crippen LogP) is 4.89. The third-order valence-electron chi connectivity index (χ3n) is 6.13. The first-order valence-electron chi connectivity index (χ1n) is 13.0. The van der Waals surface area contributed by atoms with Gasteiger partial charge in [0.15, 0.2) is 0 Å². The quantitative estimate of drug-likeness (QED) is 0.158. The number of carbonyl (C=O) groups excluding carboxylic acids is 4. The van der Waals surface area contributed by atoms with Crippen molar-refractivity contribution in [2.75, 3.05) is 13.1 Å². The molecule has 2 aromatic carbocycles. The molecule has 212 valence electrons. The van der Waals surface area contributed by atoms with E-state index in [4.69, 9.17) is 24.4 Å². The van der Waals surface area contributed by atoms with Crippen LogP contribution < -0.4 is 10.9 Å². The molecule has 0 aromatic heterocycles.